The fourth-order valence-electron chi connectivity index (χ4n) is 4.24. The molecule has 0 aromatic heterocycles. The number of piperidine rings is 1. The smallest absolute Gasteiger partial charge is 0.496 e. The van der Waals surface area contributed by atoms with Crippen molar-refractivity contribution in [3.63, 3.8) is 0 Å². The van der Waals surface area contributed by atoms with E-state index in [1.165, 1.54) is 0 Å². The van der Waals surface area contributed by atoms with Crippen molar-refractivity contribution in [2.45, 2.75) is 31.3 Å². The molecule has 28 heavy (non-hydrogen) atoms. The van der Waals surface area contributed by atoms with Gasteiger partial charge in [-0.05, 0) is 55.6 Å². The molecule has 0 saturated carbocycles. The lowest BCUT2D eigenvalue weighted by Crippen LogP contribution is -2.48. The van der Waals surface area contributed by atoms with Crippen molar-refractivity contribution < 1.29 is 23.8 Å². The molecule has 3 aliphatic heterocycles. The van der Waals surface area contributed by atoms with E-state index < -0.39 is 11.8 Å². The summed E-state index contributed by atoms with van der Waals surface area (Å²) in [7, 11) is 1.67. The third kappa shape index (κ3) is 4.20. The van der Waals surface area contributed by atoms with E-state index in [2.05, 4.69) is 5.32 Å². The van der Waals surface area contributed by atoms with Crippen molar-refractivity contribution in [1.29, 1.82) is 0 Å². The second-order valence-electron chi connectivity index (χ2n) is 7.71. The number of carbonyl (C=O) groups excluding carboxylic acids is 2. The van der Waals surface area contributed by atoms with Gasteiger partial charge in [0.05, 0.1) is 7.11 Å². The molecule has 7 nitrogen and oxygen atoms in total. The lowest BCUT2D eigenvalue weighted by atomic mass is 9.91. The zero-order valence-corrected chi connectivity index (χ0v) is 16.9. The van der Waals surface area contributed by atoms with Crippen LogP contribution >= 0.6 is 12.4 Å². The van der Waals surface area contributed by atoms with Gasteiger partial charge in [-0.3, -0.25) is 4.79 Å². The highest BCUT2D eigenvalue weighted by Crippen LogP contribution is 2.32. The van der Waals surface area contributed by atoms with Gasteiger partial charge in [0.25, 0.3) is 5.91 Å². The van der Waals surface area contributed by atoms with Gasteiger partial charge in [0.2, 0.25) is 0 Å². The number of nitrogens with one attached hydrogen (secondary N) is 1. The van der Waals surface area contributed by atoms with Crippen LogP contribution in [-0.4, -0.2) is 62.5 Å². The van der Waals surface area contributed by atoms with E-state index in [1.807, 2.05) is 23.1 Å². The molecular formula is C20H27ClN2O5. The summed E-state index contributed by atoms with van der Waals surface area (Å²) in [5, 5.41) is 3.38. The Labute approximate surface area is 171 Å². The van der Waals surface area contributed by atoms with Crippen LogP contribution in [0.4, 0.5) is 4.79 Å². The monoisotopic (exact) mass is 410 g/mol. The number of benzene rings is 1. The summed E-state index contributed by atoms with van der Waals surface area (Å²) < 4.78 is 15.8. The predicted octanol–water partition coefficient (Wildman–Crippen LogP) is 2.41. The summed E-state index contributed by atoms with van der Waals surface area (Å²) in [6, 6.07) is 5.70. The van der Waals surface area contributed by atoms with Gasteiger partial charge in [0.1, 0.15) is 12.4 Å². The summed E-state index contributed by atoms with van der Waals surface area (Å²) in [6.45, 7) is 3.47. The zero-order valence-electron chi connectivity index (χ0n) is 16.1. The Hall–Kier alpha value is -1.99. The average molecular weight is 411 g/mol. The number of hydrogen-bond donors (Lipinski definition) is 1. The van der Waals surface area contributed by atoms with Crippen molar-refractivity contribution in [2.75, 3.05) is 39.9 Å². The number of hydrogen-bond acceptors (Lipinski definition) is 6. The quantitative estimate of drug-likeness (QED) is 0.768. The number of methoxy groups -OCH3 is 1. The Morgan fingerprint density at radius 3 is 2.75 bits per heavy atom. The number of cyclic esters (lactones) is 1. The summed E-state index contributed by atoms with van der Waals surface area (Å²) in [5.74, 6) is 1.44. The van der Waals surface area contributed by atoms with Gasteiger partial charge in [-0.25, -0.2) is 4.79 Å². The molecule has 1 spiro atoms. The van der Waals surface area contributed by atoms with E-state index in [0.717, 1.165) is 37.2 Å². The van der Waals surface area contributed by atoms with Crippen LogP contribution in [0.5, 0.6) is 5.75 Å². The number of nitrogens with zero attached hydrogens (tertiary/aromatic N) is 1. The molecule has 3 aliphatic rings. The maximum Gasteiger partial charge on any atom is 0.509 e. The molecule has 1 aromatic rings. The van der Waals surface area contributed by atoms with Gasteiger partial charge in [-0.15, -0.1) is 12.4 Å². The van der Waals surface area contributed by atoms with Crippen molar-refractivity contribution in [1.82, 2.24) is 10.2 Å². The second kappa shape index (κ2) is 8.57. The van der Waals surface area contributed by atoms with Crippen molar-refractivity contribution in [2.24, 2.45) is 5.92 Å². The summed E-state index contributed by atoms with van der Waals surface area (Å²) in [4.78, 5) is 26.1. The molecule has 4 rings (SSSR count). The molecule has 1 unspecified atom stereocenters. The van der Waals surface area contributed by atoms with Crippen LogP contribution < -0.4 is 10.1 Å². The van der Waals surface area contributed by atoms with Crippen LogP contribution in [0.3, 0.4) is 0 Å². The van der Waals surface area contributed by atoms with Gasteiger partial charge >= 0.3 is 6.16 Å². The maximum absolute atomic E-state index is 13.0. The van der Waals surface area contributed by atoms with Gasteiger partial charge in [-0.2, -0.15) is 0 Å². The van der Waals surface area contributed by atoms with E-state index in [9.17, 15) is 9.59 Å². The zero-order chi connectivity index (χ0) is 18.9. The summed E-state index contributed by atoms with van der Waals surface area (Å²) in [6.07, 6.45) is 2.68. The minimum absolute atomic E-state index is 0. The molecule has 1 amide bonds. The van der Waals surface area contributed by atoms with Crippen molar-refractivity contribution in [3.05, 3.63) is 29.3 Å². The minimum Gasteiger partial charge on any atom is -0.496 e. The van der Waals surface area contributed by atoms with Crippen LogP contribution in [0.25, 0.3) is 0 Å². The van der Waals surface area contributed by atoms with E-state index in [0.29, 0.717) is 37.4 Å². The predicted molar refractivity (Wildman–Crippen MR) is 105 cm³/mol. The average Bonchev–Trinajstić information content (AvgIpc) is 3.32. The van der Waals surface area contributed by atoms with Crippen LogP contribution in [-0.2, 0) is 15.9 Å². The number of rotatable bonds is 4. The molecule has 1 atom stereocenters. The SMILES string of the molecule is COc1ccc(C(=O)N2CCC3(CC2)COC(=O)O3)cc1CC1CCNC1.Cl. The van der Waals surface area contributed by atoms with E-state index in [1.54, 1.807) is 7.11 Å². The Bertz CT molecular complexity index is 727. The van der Waals surface area contributed by atoms with E-state index in [4.69, 9.17) is 14.2 Å². The summed E-state index contributed by atoms with van der Waals surface area (Å²) in [5.41, 5.74) is 1.23. The Morgan fingerprint density at radius 2 is 2.14 bits per heavy atom. The molecule has 1 aromatic carbocycles. The molecule has 0 aliphatic carbocycles. The fraction of sp³-hybridized carbons (Fsp3) is 0.600. The third-order valence-corrected chi connectivity index (χ3v) is 5.91. The Balaban J connectivity index is 0.00000225. The molecule has 3 fully saturated rings. The second-order valence-corrected chi connectivity index (χ2v) is 7.71. The topological polar surface area (TPSA) is 77.1 Å². The normalized spacial score (nSPS) is 23.1. The number of halogens is 1. The number of amides is 1. The molecule has 3 saturated heterocycles. The van der Waals surface area contributed by atoms with Crippen molar-refractivity contribution >= 4 is 24.5 Å². The molecule has 0 bridgehead atoms. The first kappa shape index (κ1) is 20.7. The molecule has 0 radical (unpaired) electrons. The number of likely N-dealkylation sites (tertiary alicyclic amines) is 1. The number of ether oxygens (including phenoxy) is 3. The first-order valence-corrected chi connectivity index (χ1v) is 9.61. The van der Waals surface area contributed by atoms with Gasteiger partial charge < -0.3 is 24.4 Å². The third-order valence-electron chi connectivity index (χ3n) is 5.91. The van der Waals surface area contributed by atoms with E-state index in [-0.39, 0.29) is 24.9 Å². The first-order chi connectivity index (χ1) is 13.1. The lowest BCUT2D eigenvalue weighted by Gasteiger charge is -2.36. The van der Waals surface area contributed by atoms with Gasteiger partial charge in [0, 0.05) is 31.5 Å². The molecule has 8 heteroatoms. The van der Waals surface area contributed by atoms with E-state index >= 15 is 0 Å². The Kier molecular flexibility index (Phi) is 6.35. The lowest BCUT2D eigenvalue weighted by molar-refractivity contribution is 0.00281. The molecule has 3 heterocycles. The maximum atomic E-state index is 13.0. The largest absolute Gasteiger partial charge is 0.509 e. The molecule has 154 valence electrons. The first-order valence-electron chi connectivity index (χ1n) is 9.61. The minimum atomic E-state index is -0.601. The van der Waals surface area contributed by atoms with Crippen LogP contribution in [0.2, 0.25) is 0 Å². The van der Waals surface area contributed by atoms with Crippen LogP contribution in [0, 0.1) is 5.92 Å². The highest BCUT2D eigenvalue weighted by molar-refractivity contribution is 5.94. The van der Waals surface area contributed by atoms with Crippen LogP contribution in [0.15, 0.2) is 18.2 Å². The number of carbonyl (C=O) groups is 2. The Morgan fingerprint density at radius 1 is 1.36 bits per heavy atom. The fourth-order valence-corrected chi connectivity index (χ4v) is 4.24. The highest BCUT2D eigenvalue weighted by Gasteiger charge is 2.45. The molecule has 1 N–H and O–H groups in total. The van der Waals surface area contributed by atoms with Crippen LogP contribution in [0.1, 0.15) is 35.2 Å². The highest BCUT2D eigenvalue weighted by atomic mass is 35.5. The molecular weight excluding hydrogens is 384 g/mol. The van der Waals surface area contributed by atoms with Gasteiger partial charge in [0.15, 0.2) is 5.60 Å². The van der Waals surface area contributed by atoms with Crippen molar-refractivity contribution in [3.8, 4) is 5.75 Å². The van der Waals surface area contributed by atoms with Gasteiger partial charge in [-0.1, -0.05) is 0 Å². The summed E-state index contributed by atoms with van der Waals surface area (Å²) >= 11 is 0. The standard InChI is InChI=1S/C20H26N2O5.ClH/c1-25-17-3-2-15(11-16(17)10-14-4-7-21-12-14)18(23)22-8-5-20(6-9-22)13-26-19(24)27-20;/h2-3,11,14,21H,4-10,12-13H2,1H3;1H.